The van der Waals surface area contributed by atoms with Crippen LogP contribution in [0.5, 0.6) is 0 Å². The van der Waals surface area contributed by atoms with Crippen LogP contribution in [-0.4, -0.2) is 18.5 Å². The Bertz CT molecular complexity index is 411. The lowest BCUT2D eigenvalue weighted by molar-refractivity contribution is -0.115. The van der Waals surface area contributed by atoms with Crippen molar-refractivity contribution in [1.29, 1.82) is 0 Å². The van der Waals surface area contributed by atoms with Crippen molar-refractivity contribution in [3.8, 4) is 0 Å². The van der Waals surface area contributed by atoms with Gasteiger partial charge in [0.05, 0.1) is 6.54 Å². The van der Waals surface area contributed by atoms with E-state index in [0.717, 1.165) is 11.6 Å². The summed E-state index contributed by atoms with van der Waals surface area (Å²) >= 11 is 5.80. The monoisotopic (exact) mass is 280 g/mol. The molecule has 1 aliphatic rings. The van der Waals surface area contributed by atoms with Crippen molar-refractivity contribution in [3.05, 3.63) is 29.3 Å². The van der Waals surface area contributed by atoms with E-state index in [-0.39, 0.29) is 5.91 Å². The van der Waals surface area contributed by atoms with Crippen molar-refractivity contribution >= 4 is 23.2 Å². The Labute approximate surface area is 119 Å². The number of nitrogens with one attached hydrogen (secondary N) is 2. The van der Waals surface area contributed by atoms with Crippen molar-refractivity contribution in [2.24, 2.45) is 5.92 Å². The Hall–Kier alpha value is -1.06. The highest BCUT2D eigenvalue weighted by molar-refractivity contribution is 6.30. The van der Waals surface area contributed by atoms with E-state index in [1.54, 1.807) is 12.1 Å². The largest absolute Gasteiger partial charge is 0.325 e. The number of hydrogen-bond acceptors (Lipinski definition) is 2. The van der Waals surface area contributed by atoms with Gasteiger partial charge in [0, 0.05) is 16.8 Å². The lowest BCUT2D eigenvalue weighted by atomic mass is 9.87. The molecule has 2 N–H and O–H groups in total. The third kappa shape index (κ3) is 4.84. The van der Waals surface area contributed by atoms with E-state index in [2.05, 4.69) is 17.6 Å². The summed E-state index contributed by atoms with van der Waals surface area (Å²) in [5, 5.41) is 6.87. The Morgan fingerprint density at radius 1 is 1.21 bits per heavy atom. The number of amides is 1. The van der Waals surface area contributed by atoms with Crippen LogP contribution in [0.1, 0.15) is 32.6 Å². The molecule has 0 radical (unpaired) electrons. The summed E-state index contributed by atoms with van der Waals surface area (Å²) in [5.41, 5.74) is 0.786. The highest BCUT2D eigenvalue weighted by Crippen LogP contribution is 2.23. The molecule has 0 aliphatic heterocycles. The molecule has 1 aromatic carbocycles. The zero-order valence-electron chi connectivity index (χ0n) is 11.3. The number of carbonyl (C=O) groups is 1. The molecule has 1 fully saturated rings. The molecule has 104 valence electrons. The first-order chi connectivity index (χ1) is 9.13. The Morgan fingerprint density at radius 3 is 2.47 bits per heavy atom. The Kier molecular flexibility index (Phi) is 5.23. The van der Waals surface area contributed by atoms with E-state index in [4.69, 9.17) is 11.6 Å². The van der Waals surface area contributed by atoms with Gasteiger partial charge in [0.1, 0.15) is 0 Å². The maximum atomic E-state index is 11.8. The topological polar surface area (TPSA) is 41.1 Å². The molecule has 1 saturated carbocycles. The second-order valence-corrected chi connectivity index (χ2v) is 5.83. The number of anilines is 1. The van der Waals surface area contributed by atoms with Crippen LogP contribution in [0, 0.1) is 5.92 Å². The highest BCUT2D eigenvalue weighted by atomic mass is 35.5. The summed E-state index contributed by atoms with van der Waals surface area (Å²) in [5.74, 6) is 0.835. The maximum Gasteiger partial charge on any atom is 0.238 e. The van der Waals surface area contributed by atoms with E-state index in [1.165, 1.54) is 25.7 Å². The van der Waals surface area contributed by atoms with Gasteiger partial charge in [0.2, 0.25) is 5.91 Å². The van der Waals surface area contributed by atoms with Gasteiger partial charge < -0.3 is 10.6 Å². The van der Waals surface area contributed by atoms with Crippen LogP contribution in [0.2, 0.25) is 5.02 Å². The minimum absolute atomic E-state index is 0.000874. The minimum Gasteiger partial charge on any atom is -0.325 e. The first-order valence-electron chi connectivity index (χ1n) is 6.92. The molecular formula is C15H21ClN2O. The van der Waals surface area contributed by atoms with Crippen LogP contribution in [0.25, 0.3) is 0 Å². The maximum absolute atomic E-state index is 11.8. The van der Waals surface area contributed by atoms with Crippen LogP contribution in [0.3, 0.4) is 0 Å². The Morgan fingerprint density at radius 2 is 1.84 bits per heavy atom. The van der Waals surface area contributed by atoms with Crippen LogP contribution in [-0.2, 0) is 4.79 Å². The second kappa shape index (κ2) is 6.92. The molecule has 0 unspecified atom stereocenters. The van der Waals surface area contributed by atoms with Gasteiger partial charge in [-0.1, -0.05) is 18.5 Å². The summed E-state index contributed by atoms with van der Waals surface area (Å²) in [6, 6.07) is 7.65. The third-order valence-corrected chi connectivity index (χ3v) is 3.95. The molecule has 0 heterocycles. The first-order valence-corrected chi connectivity index (χ1v) is 7.30. The lowest BCUT2D eigenvalue weighted by Crippen LogP contribution is -2.38. The summed E-state index contributed by atoms with van der Waals surface area (Å²) in [7, 11) is 0. The normalized spacial score (nSPS) is 23.1. The summed E-state index contributed by atoms with van der Waals surface area (Å²) in [6.45, 7) is 2.67. The molecule has 1 aliphatic carbocycles. The van der Waals surface area contributed by atoms with Gasteiger partial charge in [-0.2, -0.15) is 0 Å². The van der Waals surface area contributed by atoms with E-state index in [1.807, 2.05) is 12.1 Å². The van der Waals surface area contributed by atoms with Crippen molar-refractivity contribution in [2.75, 3.05) is 11.9 Å². The molecule has 1 amide bonds. The molecule has 19 heavy (non-hydrogen) atoms. The highest BCUT2D eigenvalue weighted by Gasteiger charge is 2.18. The van der Waals surface area contributed by atoms with Gasteiger partial charge in [-0.05, 0) is 55.9 Å². The van der Waals surface area contributed by atoms with Gasteiger partial charge in [-0.15, -0.1) is 0 Å². The number of halogens is 1. The van der Waals surface area contributed by atoms with Crippen molar-refractivity contribution < 1.29 is 4.79 Å². The van der Waals surface area contributed by atoms with Crippen LogP contribution >= 0.6 is 11.6 Å². The van der Waals surface area contributed by atoms with E-state index >= 15 is 0 Å². The van der Waals surface area contributed by atoms with Gasteiger partial charge >= 0.3 is 0 Å². The van der Waals surface area contributed by atoms with Crippen molar-refractivity contribution in [2.45, 2.75) is 38.6 Å². The fourth-order valence-electron chi connectivity index (χ4n) is 2.44. The third-order valence-electron chi connectivity index (χ3n) is 3.70. The standard InChI is InChI=1S/C15H21ClN2O/c1-11-2-6-13(7-3-11)17-10-15(19)18-14-8-4-12(16)5-9-14/h4-5,8-9,11,13,17H,2-3,6-7,10H2,1H3,(H,18,19). The van der Waals surface area contributed by atoms with E-state index in [9.17, 15) is 4.79 Å². The lowest BCUT2D eigenvalue weighted by Gasteiger charge is -2.26. The molecule has 3 nitrogen and oxygen atoms in total. The van der Waals surface area contributed by atoms with Gasteiger partial charge in [0.25, 0.3) is 0 Å². The zero-order valence-corrected chi connectivity index (χ0v) is 12.0. The smallest absolute Gasteiger partial charge is 0.238 e. The summed E-state index contributed by atoms with van der Waals surface area (Å²) in [4.78, 5) is 11.8. The number of rotatable bonds is 4. The van der Waals surface area contributed by atoms with Gasteiger partial charge in [-0.25, -0.2) is 0 Å². The van der Waals surface area contributed by atoms with Gasteiger partial charge in [0.15, 0.2) is 0 Å². The molecule has 1 aromatic rings. The first kappa shape index (κ1) is 14.4. The quantitative estimate of drug-likeness (QED) is 0.887. The average molecular weight is 281 g/mol. The molecule has 0 bridgehead atoms. The predicted molar refractivity (Wildman–Crippen MR) is 79.5 cm³/mol. The van der Waals surface area contributed by atoms with Gasteiger partial charge in [-0.3, -0.25) is 4.79 Å². The predicted octanol–water partition coefficient (Wildman–Crippen LogP) is 3.45. The molecular weight excluding hydrogens is 260 g/mol. The summed E-state index contributed by atoms with van der Waals surface area (Å²) in [6.07, 6.45) is 4.87. The summed E-state index contributed by atoms with van der Waals surface area (Å²) < 4.78 is 0. The number of benzene rings is 1. The van der Waals surface area contributed by atoms with Crippen LogP contribution in [0.4, 0.5) is 5.69 Å². The van der Waals surface area contributed by atoms with Crippen molar-refractivity contribution in [1.82, 2.24) is 5.32 Å². The van der Waals surface area contributed by atoms with Crippen molar-refractivity contribution in [3.63, 3.8) is 0 Å². The molecule has 0 saturated heterocycles. The molecule has 4 heteroatoms. The molecule has 2 rings (SSSR count). The minimum atomic E-state index is 0.000874. The van der Waals surface area contributed by atoms with Crippen LogP contribution < -0.4 is 10.6 Å². The SMILES string of the molecule is CC1CCC(NCC(=O)Nc2ccc(Cl)cc2)CC1. The zero-order chi connectivity index (χ0) is 13.7. The van der Waals surface area contributed by atoms with E-state index in [0.29, 0.717) is 17.6 Å². The Balaban J connectivity index is 1.71. The van der Waals surface area contributed by atoms with Crippen LogP contribution in [0.15, 0.2) is 24.3 Å². The fraction of sp³-hybridized carbons (Fsp3) is 0.533. The molecule has 0 aromatic heterocycles. The molecule has 0 spiro atoms. The average Bonchev–Trinajstić information content (AvgIpc) is 2.41. The number of hydrogen-bond donors (Lipinski definition) is 2. The molecule has 0 atom stereocenters. The number of carbonyl (C=O) groups excluding carboxylic acids is 1. The second-order valence-electron chi connectivity index (χ2n) is 5.39. The van der Waals surface area contributed by atoms with E-state index < -0.39 is 0 Å². The fourth-order valence-corrected chi connectivity index (χ4v) is 2.57.